The van der Waals surface area contributed by atoms with Crippen molar-refractivity contribution in [2.75, 3.05) is 0 Å². The maximum atomic E-state index is 4.88. The van der Waals surface area contributed by atoms with Crippen LogP contribution >= 0.6 is 24.8 Å². The lowest BCUT2D eigenvalue weighted by Gasteiger charge is -2.04. The molecule has 0 radical (unpaired) electrons. The van der Waals surface area contributed by atoms with Gasteiger partial charge in [0.15, 0.2) is 0 Å². The Balaban J connectivity index is 2.85. The minimum absolute atomic E-state index is 0.0505. The fraction of sp³-hybridized carbons (Fsp3) is 0.286. The fourth-order valence-corrected chi connectivity index (χ4v) is 0.866. The SMILES string of the molecule is CC(C(=S)S)c1ncccn1. The van der Waals surface area contributed by atoms with Crippen LogP contribution in [0.1, 0.15) is 18.7 Å². The van der Waals surface area contributed by atoms with E-state index in [0.29, 0.717) is 4.20 Å². The molecule has 1 heterocycles. The quantitative estimate of drug-likeness (QED) is 0.561. The molecule has 0 spiro atoms. The normalized spacial score (nSPS) is 12.5. The van der Waals surface area contributed by atoms with Gasteiger partial charge in [-0.25, -0.2) is 9.97 Å². The second kappa shape index (κ2) is 3.78. The van der Waals surface area contributed by atoms with Gasteiger partial charge in [0.2, 0.25) is 0 Å². The summed E-state index contributed by atoms with van der Waals surface area (Å²) in [6.07, 6.45) is 3.40. The van der Waals surface area contributed by atoms with Gasteiger partial charge in [0.1, 0.15) is 5.82 Å². The molecule has 58 valence electrons. The first-order chi connectivity index (χ1) is 5.22. The van der Waals surface area contributed by atoms with Crippen molar-refractivity contribution >= 4 is 29.0 Å². The molecule has 0 aromatic carbocycles. The predicted octanol–water partition coefficient (Wildman–Crippen LogP) is 1.84. The zero-order valence-corrected chi connectivity index (χ0v) is 7.77. The van der Waals surface area contributed by atoms with Gasteiger partial charge in [-0.1, -0.05) is 12.2 Å². The molecule has 1 aromatic heterocycles. The molecule has 0 amide bonds. The summed E-state index contributed by atoms with van der Waals surface area (Å²) < 4.78 is 0.621. The van der Waals surface area contributed by atoms with Gasteiger partial charge >= 0.3 is 0 Å². The van der Waals surface area contributed by atoms with Crippen molar-refractivity contribution < 1.29 is 0 Å². The highest BCUT2D eigenvalue weighted by Crippen LogP contribution is 2.13. The zero-order chi connectivity index (χ0) is 8.27. The number of aromatic nitrogens is 2. The highest BCUT2D eigenvalue weighted by molar-refractivity contribution is 8.11. The third-order valence-electron chi connectivity index (χ3n) is 1.34. The van der Waals surface area contributed by atoms with E-state index in [1.165, 1.54) is 0 Å². The van der Waals surface area contributed by atoms with E-state index < -0.39 is 0 Å². The number of nitrogens with zero attached hydrogens (tertiary/aromatic N) is 2. The molecule has 0 aliphatic carbocycles. The van der Waals surface area contributed by atoms with Crippen LogP contribution in [0.2, 0.25) is 0 Å². The summed E-state index contributed by atoms with van der Waals surface area (Å²) in [5, 5.41) is 0. The maximum Gasteiger partial charge on any atom is 0.136 e. The number of hydrogen-bond donors (Lipinski definition) is 1. The minimum Gasteiger partial charge on any atom is -0.241 e. The molecule has 1 rings (SSSR count). The lowest BCUT2D eigenvalue weighted by molar-refractivity contribution is 0.893. The molecule has 0 aliphatic rings. The van der Waals surface area contributed by atoms with Gasteiger partial charge in [-0.3, -0.25) is 0 Å². The first kappa shape index (κ1) is 8.62. The van der Waals surface area contributed by atoms with Gasteiger partial charge in [-0.05, 0) is 13.0 Å². The van der Waals surface area contributed by atoms with E-state index in [4.69, 9.17) is 12.2 Å². The van der Waals surface area contributed by atoms with E-state index >= 15 is 0 Å². The van der Waals surface area contributed by atoms with E-state index in [0.717, 1.165) is 5.82 Å². The molecular formula is C7H8N2S2. The summed E-state index contributed by atoms with van der Waals surface area (Å²) in [6.45, 7) is 1.94. The molecule has 1 aromatic rings. The fourth-order valence-electron chi connectivity index (χ4n) is 0.645. The van der Waals surface area contributed by atoms with Crippen LogP contribution in [0.25, 0.3) is 0 Å². The summed E-state index contributed by atoms with van der Waals surface area (Å²) in [4.78, 5) is 8.10. The van der Waals surface area contributed by atoms with E-state index in [-0.39, 0.29) is 5.92 Å². The van der Waals surface area contributed by atoms with E-state index in [2.05, 4.69) is 22.6 Å². The molecule has 0 N–H and O–H groups in total. The molecule has 0 aliphatic heterocycles. The van der Waals surface area contributed by atoms with Crippen LogP contribution in [0.4, 0.5) is 0 Å². The van der Waals surface area contributed by atoms with Gasteiger partial charge in [0.25, 0.3) is 0 Å². The molecule has 1 unspecified atom stereocenters. The van der Waals surface area contributed by atoms with E-state index in [1.807, 2.05) is 6.92 Å². The summed E-state index contributed by atoms with van der Waals surface area (Å²) in [7, 11) is 0. The Morgan fingerprint density at radius 2 is 2.09 bits per heavy atom. The van der Waals surface area contributed by atoms with Crippen LogP contribution in [0.5, 0.6) is 0 Å². The van der Waals surface area contributed by atoms with Gasteiger partial charge in [0.05, 0.1) is 10.1 Å². The van der Waals surface area contributed by atoms with E-state index in [9.17, 15) is 0 Å². The Hall–Kier alpha value is -0.480. The third kappa shape index (κ3) is 2.24. The van der Waals surface area contributed by atoms with Crippen LogP contribution in [-0.2, 0) is 0 Å². The average Bonchev–Trinajstić information content (AvgIpc) is 2.05. The largest absolute Gasteiger partial charge is 0.241 e. The molecule has 0 bridgehead atoms. The van der Waals surface area contributed by atoms with Crippen molar-refractivity contribution in [1.82, 2.24) is 9.97 Å². The van der Waals surface area contributed by atoms with Crippen molar-refractivity contribution in [3.63, 3.8) is 0 Å². The molecule has 11 heavy (non-hydrogen) atoms. The molecule has 0 fully saturated rings. The second-order valence-corrected chi connectivity index (χ2v) is 3.39. The zero-order valence-electron chi connectivity index (χ0n) is 6.06. The lowest BCUT2D eigenvalue weighted by atomic mass is 10.2. The molecule has 0 saturated heterocycles. The highest BCUT2D eigenvalue weighted by Gasteiger charge is 2.09. The van der Waals surface area contributed by atoms with Crippen LogP contribution in [0.15, 0.2) is 18.5 Å². The summed E-state index contributed by atoms with van der Waals surface area (Å²) in [6, 6.07) is 1.78. The van der Waals surface area contributed by atoms with Gasteiger partial charge in [-0.15, -0.1) is 12.6 Å². The number of thiol groups is 1. The molecule has 4 heteroatoms. The smallest absolute Gasteiger partial charge is 0.136 e. The van der Waals surface area contributed by atoms with Crippen molar-refractivity contribution in [2.24, 2.45) is 0 Å². The van der Waals surface area contributed by atoms with Crippen molar-refractivity contribution in [1.29, 1.82) is 0 Å². The summed E-state index contributed by atoms with van der Waals surface area (Å²) >= 11 is 8.94. The van der Waals surface area contributed by atoms with Gasteiger partial charge in [-0.2, -0.15) is 0 Å². The first-order valence-corrected chi connectivity index (χ1v) is 4.07. The predicted molar refractivity (Wildman–Crippen MR) is 52.0 cm³/mol. The minimum atomic E-state index is 0.0505. The monoisotopic (exact) mass is 184 g/mol. The molecule has 0 saturated carbocycles. The van der Waals surface area contributed by atoms with Crippen molar-refractivity contribution in [3.8, 4) is 0 Å². The van der Waals surface area contributed by atoms with E-state index in [1.54, 1.807) is 18.5 Å². The van der Waals surface area contributed by atoms with Crippen LogP contribution in [0, 0.1) is 0 Å². The summed E-state index contributed by atoms with van der Waals surface area (Å²) in [5.74, 6) is 0.780. The maximum absolute atomic E-state index is 4.88. The molecular weight excluding hydrogens is 176 g/mol. The Bertz CT molecular complexity index is 248. The van der Waals surface area contributed by atoms with Crippen LogP contribution in [0.3, 0.4) is 0 Å². The van der Waals surface area contributed by atoms with Crippen LogP contribution < -0.4 is 0 Å². The topological polar surface area (TPSA) is 25.8 Å². The van der Waals surface area contributed by atoms with Crippen LogP contribution in [-0.4, -0.2) is 14.2 Å². The standard InChI is InChI=1S/C7H8N2S2/c1-5(7(10)11)6-8-3-2-4-9-6/h2-5H,1H3,(H,10,11). The Kier molecular flexibility index (Phi) is 2.96. The highest BCUT2D eigenvalue weighted by atomic mass is 32.1. The Morgan fingerprint density at radius 1 is 1.55 bits per heavy atom. The van der Waals surface area contributed by atoms with Gasteiger partial charge in [0, 0.05) is 12.4 Å². The number of rotatable bonds is 2. The number of hydrogen-bond acceptors (Lipinski definition) is 3. The van der Waals surface area contributed by atoms with Crippen molar-refractivity contribution in [2.45, 2.75) is 12.8 Å². The Morgan fingerprint density at radius 3 is 2.55 bits per heavy atom. The second-order valence-electron chi connectivity index (χ2n) is 2.17. The Labute approximate surface area is 76.5 Å². The lowest BCUT2D eigenvalue weighted by Crippen LogP contribution is -2.04. The summed E-state index contributed by atoms with van der Waals surface area (Å²) in [5.41, 5.74) is 0. The number of thiocarbonyl (C=S) groups is 1. The average molecular weight is 184 g/mol. The molecule has 2 nitrogen and oxygen atoms in total. The third-order valence-corrected chi connectivity index (χ3v) is 2.08. The molecule has 1 atom stereocenters. The van der Waals surface area contributed by atoms with Gasteiger partial charge < -0.3 is 0 Å². The van der Waals surface area contributed by atoms with Crippen molar-refractivity contribution in [3.05, 3.63) is 24.3 Å². The first-order valence-electron chi connectivity index (χ1n) is 3.21.